The van der Waals surface area contributed by atoms with Crippen molar-refractivity contribution in [1.29, 1.82) is 0 Å². The number of rotatable bonds is 6. The van der Waals surface area contributed by atoms with Gasteiger partial charge in [0.05, 0.1) is 7.11 Å². The third-order valence-corrected chi connectivity index (χ3v) is 2.55. The van der Waals surface area contributed by atoms with Gasteiger partial charge in [-0.2, -0.15) is 0 Å². The van der Waals surface area contributed by atoms with Crippen LogP contribution in [0, 0.1) is 0 Å². The second kappa shape index (κ2) is 6.18. The molecule has 6 nitrogen and oxygen atoms in total. The molecule has 0 N–H and O–H groups in total. The summed E-state index contributed by atoms with van der Waals surface area (Å²) >= 11 is 1.48. The van der Waals surface area contributed by atoms with Crippen molar-refractivity contribution in [3.8, 4) is 0 Å². The van der Waals surface area contributed by atoms with Crippen LogP contribution in [0.15, 0.2) is 17.8 Å². The Kier molecular flexibility index (Phi) is 4.82. The predicted octanol–water partition coefficient (Wildman–Crippen LogP) is 0.514. The van der Waals surface area contributed by atoms with Crippen LogP contribution in [0.4, 0.5) is 0 Å². The zero-order chi connectivity index (χ0) is 11.1. The molecule has 0 aliphatic carbocycles. The molecule has 15 heavy (non-hydrogen) atoms. The number of aromatic nitrogens is 4. The van der Waals surface area contributed by atoms with E-state index in [1.165, 1.54) is 23.6 Å². The number of nitrogens with zero attached hydrogens (tertiary/aromatic N) is 4. The molecule has 0 saturated carbocycles. The van der Waals surface area contributed by atoms with Crippen molar-refractivity contribution in [2.75, 3.05) is 12.9 Å². The molecule has 0 bridgehead atoms. The van der Waals surface area contributed by atoms with E-state index in [1.54, 1.807) is 0 Å². The third-order valence-electron chi connectivity index (χ3n) is 1.56. The van der Waals surface area contributed by atoms with Gasteiger partial charge in [0.1, 0.15) is 6.54 Å². The fourth-order valence-corrected chi connectivity index (χ4v) is 1.63. The zero-order valence-electron chi connectivity index (χ0n) is 8.42. The van der Waals surface area contributed by atoms with E-state index in [9.17, 15) is 4.79 Å². The number of allylic oxidation sites excluding steroid dienone is 1. The van der Waals surface area contributed by atoms with Gasteiger partial charge in [0.25, 0.3) is 0 Å². The minimum absolute atomic E-state index is 0.0416. The first-order valence-corrected chi connectivity index (χ1v) is 5.33. The number of carbonyl (C=O) groups excluding carboxylic acids is 1. The zero-order valence-corrected chi connectivity index (χ0v) is 9.24. The van der Waals surface area contributed by atoms with E-state index in [0.29, 0.717) is 5.16 Å². The normalized spacial score (nSPS) is 9.93. The molecule has 0 spiro atoms. The molecule has 0 radical (unpaired) electrons. The molecule has 0 aliphatic rings. The maximum atomic E-state index is 11.0. The number of methoxy groups -OCH3 is 1. The summed E-state index contributed by atoms with van der Waals surface area (Å²) in [4.78, 5) is 11.0. The Hall–Kier alpha value is -1.37. The first-order valence-electron chi connectivity index (χ1n) is 4.34. The van der Waals surface area contributed by atoms with Crippen molar-refractivity contribution in [3.63, 3.8) is 0 Å². The maximum absolute atomic E-state index is 11.0. The molecular formula is C8H12N4O2S. The van der Waals surface area contributed by atoms with Gasteiger partial charge < -0.3 is 4.74 Å². The van der Waals surface area contributed by atoms with Gasteiger partial charge in [0.15, 0.2) is 0 Å². The summed E-state index contributed by atoms with van der Waals surface area (Å²) in [5, 5.41) is 11.6. The van der Waals surface area contributed by atoms with Crippen molar-refractivity contribution >= 4 is 17.7 Å². The van der Waals surface area contributed by atoms with E-state index in [0.717, 1.165) is 12.2 Å². The van der Waals surface area contributed by atoms with E-state index in [4.69, 9.17) is 0 Å². The molecule has 1 heterocycles. The minimum Gasteiger partial charge on any atom is -0.468 e. The first kappa shape index (κ1) is 11.7. The van der Waals surface area contributed by atoms with E-state index < -0.39 is 0 Å². The third kappa shape index (κ3) is 3.70. The molecule has 0 unspecified atom stereocenters. The largest absolute Gasteiger partial charge is 0.468 e. The predicted molar refractivity (Wildman–Crippen MR) is 55.4 cm³/mol. The van der Waals surface area contributed by atoms with Crippen LogP contribution < -0.4 is 0 Å². The van der Waals surface area contributed by atoms with Crippen molar-refractivity contribution < 1.29 is 9.53 Å². The number of esters is 1. The van der Waals surface area contributed by atoms with Gasteiger partial charge in [-0.15, -0.1) is 11.7 Å². The Balaban J connectivity index is 2.52. The van der Waals surface area contributed by atoms with Gasteiger partial charge in [-0.05, 0) is 16.8 Å². The summed E-state index contributed by atoms with van der Waals surface area (Å²) in [6.07, 6.45) is 2.69. The highest BCUT2D eigenvalue weighted by atomic mass is 32.2. The van der Waals surface area contributed by atoms with E-state index in [1.807, 2.05) is 6.08 Å². The van der Waals surface area contributed by atoms with Crippen LogP contribution in [0.25, 0.3) is 0 Å². The van der Waals surface area contributed by atoms with Crippen LogP contribution >= 0.6 is 11.8 Å². The standard InChI is InChI=1S/C8H12N4O2S/c1-3-4-5-15-8-9-10-11-12(8)6-7(13)14-2/h3H,1,4-6H2,2H3. The van der Waals surface area contributed by atoms with Gasteiger partial charge >= 0.3 is 5.97 Å². The molecule has 0 atom stereocenters. The lowest BCUT2D eigenvalue weighted by Gasteiger charge is -2.01. The Labute approximate surface area is 91.7 Å². The van der Waals surface area contributed by atoms with Crippen LogP contribution in [-0.4, -0.2) is 39.0 Å². The first-order chi connectivity index (χ1) is 7.27. The summed E-state index contributed by atoms with van der Waals surface area (Å²) < 4.78 is 5.94. The topological polar surface area (TPSA) is 69.9 Å². The number of thioether (sulfide) groups is 1. The highest BCUT2D eigenvalue weighted by Gasteiger charge is 2.10. The molecule has 0 aromatic carbocycles. The Morgan fingerprint density at radius 1 is 1.73 bits per heavy atom. The average Bonchev–Trinajstić information content (AvgIpc) is 2.66. The summed E-state index contributed by atoms with van der Waals surface area (Å²) in [5.74, 6) is 0.471. The number of hydrogen-bond acceptors (Lipinski definition) is 6. The fraction of sp³-hybridized carbons (Fsp3) is 0.500. The molecule has 7 heteroatoms. The molecule has 82 valence electrons. The monoisotopic (exact) mass is 228 g/mol. The van der Waals surface area contributed by atoms with Crippen LogP contribution in [-0.2, 0) is 16.1 Å². The lowest BCUT2D eigenvalue weighted by Crippen LogP contribution is -2.13. The van der Waals surface area contributed by atoms with Gasteiger partial charge in [0, 0.05) is 5.75 Å². The smallest absolute Gasteiger partial charge is 0.327 e. The van der Waals surface area contributed by atoms with Crippen molar-refractivity contribution in [3.05, 3.63) is 12.7 Å². The van der Waals surface area contributed by atoms with E-state index >= 15 is 0 Å². The molecule has 0 saturated heterocycles. The SMILES string of the molecule is C=CCCSc1nnnn1CC(=O)OC. The second-order valence-electron chi connectivity index (χ2n) is 2.62. The van der Waals surface area contributed by atoms with Gasteiger partial charge in [0.2, 0.25) is 5.16 Å². The number of ether oxygens (including phenoxy) is 1. The number of tetrazole rings is 1. The second-order valence-corrected chi connectivity index (χ2v) is 3.68. The van der Waals surface area contributed by atoms with Crippen LogP contribution in [0.2, 0.25) is 0 Å². The quantitative estimate of drug-likeness (QED) is 0.306. The van der Waals surface area contributed by atoms with Crippen LogP contribution in [0.1, 0.15) is 6.42 Å². The Bertz CT molecular complexity index is 339. The highest BCUT2D eigenvalue weighted by Crippen LogP contribution is 2.14. The Morgan fingerprint density at radius 2 is 2.53 bits per heavy atom. The molecule has 0 amide bonds. The lowest BCUT2D eigenvalue weighted by atomic mass is 10.5. The number of carbonyl (C=O) groups is 1. The molecular weight excluding hydrogens is 216 g/mol. The van der Waals surface area contributed by atoms with E-state index in [-0.39, 0.29) is 12.5 Å². The summed E-state index contributed by atoms with van der Waals surface area (Å²) in [5.41, 5.74) is 0. The highest BCUT2D eigenvalue weighted by molar-refractivity contribution is 7.99. The van der Waals surface area contributed by atoms with Gasteiger partial charge in [-0.1, -0.05) is 17.8 Å². The molecule has 0 fully saturated rings. The van der Waals surface area contributed by atoms with Crippen molar-refractivity contribution in [2.45, 2.75) is 18.1 Å². The van der Waals surface area contributed by atoms with Gasteiger partial charge in [-0.25, -0.2) is 4.68 Å². The maximum Gasteiger partial charge on any atom is 0.327 e. The summed E-state index contributed by atoms with van der Waals surface area (Å²) in [6.45, 7) is 3.66. The van der Waals surface area contributed by atoms with Gasteiger partial charge in [-0.3, -0.25) is 4.79 Å². The van der Waals surface area contributed by atoms with Crippen LogP contribution in [0.5, 0.6) is 0 Å². The van der Waals surface area contributed by atoms with Crippen molar-refractivity contribution in [1.82, 2.24) is 20.2 Å². The Morgan fingerprint density at radius 3 is 3.20 bits per heavy atom. The molecule has 1 aromatic heterocycles. The van der Waals surface area contributed by atoms with Crippen molar-refractivity contribution in [2.24, 2.45) is 0 Å². The fourth-order valence-electron chi connectivity index (χ4n) is 0.819. The minimum atomic E-state index is -0.368. The molecule has 0 aliphatic heterocycles. The number of hydrogen-bond donors (Lipinski definition) is 0. The summed E-state index contributed by atoms with van der Waals surface area (Å²) in [7, 11) is 1.33. The average molecular weight is 228 g/mol. The molecule has 1 rings (SSSR count). The lowest BCUT2D eigenvalue weighted by molar-refractivity contribution is -0.141. The molecule has 1 aromatic rings. The summed E-state index contributed by atoms with van der Waals surface area (Å²) in [6, 6.07) is 0. The van der Waals surface area contributed by atoms with E-state index in [2.05, 4.69) is 26.8 Å². The van der Waals surface area contributed by atoms with Crippen LogP contribution in [0.3, 0.4) is 0 Å².